The first kappa shape index (κ1) is 12.3. The Bertz CT molecular complexity index is 432. The molecule has 0 amide bonds. The molecular formula is C14H18N2S. The van der Waals surface area contributed by atoms with Gasteiger partial charge in [-0.05, 0) is 44.1 Å². The van der Waals surface area contributed by atoms with Crippen molar-refractivity contribution in [1.29, 1.82) is 5.26 Å². The first-order valence-electron chi connectivity index (χ1n) is 6.10. The topological polar surface area (TPSA) is 35.8 Å². The molecular weight excluding hydrogens is 228 g/mol. The molecule has 0 radical (unpaired) electrons. The second-order valence-electron chi connectivity index (χ2n) is 4.62. The Morgan fingerprint density at radius 1 is 1.47 bits per heavy atom. The average molecular weight is 246 g/mol. The highest BCUT2D eigenvalue weighted by Crippen LogP contribution is 2.33. The van der Waals surface area contributed by atoms with Gasteiger partial charge in [0.05, 0.1) is 11.3 Å². The molecule has 1 aromatic rings. The van der Waals surface area contributed by atoms with Gasteiger partial charge in [-0.1, -0.05) is 12.5 Å². The smallest absolute Gasteiger partial charge is 0.102 e. The maximum Gasteiger partial charge on any atom is 0.102 e. The summed E-state index contributed by atoms with van der Waals surface area (Å²) in [6, 6.07) is 8.80. The second-order valence-corrected chi connectivity index (χ2v) is 5.47. The lowest BCUT2D eigenvalue weighted by Gasteiger charge is -2.32. The molecule has 1 fully saturated rings. The number of rotatable bonds is 4. The van der Waals surface area contributed by atoms with Gasteiger partial charge in [0.15, 0.2) is 0 Å². The van der Waals surface area contributed by atoms with E-state index in [9.17, 15) is 5.26 Å². The van der Waals surface area contributed by atoms with Gasteiger partial charge in [-0.2, -0.15) is 5.26 Å². The lowest BCUT2D eigenvalue weighted by atomic mass is 9.80. The molecule has 0 aliphatic heterocycles. The largest absolute Gasteiger partial charge is 0.381 e. The molecule has 2 rings (SSSR count). The lowest BCUT2D eigenvalue weighted by molar-refractivity contribution is 0.285. The van der Waals surface area contributed by atoms with Gasteiger partial charge in [0.25, 0.3) is 0 Å². The summed E-state index contributed by atoms with van der Waals surface area (Å²) in [6.07, 6.45) is 6.00. The van der Waals surface area contributed by atoms with Crippen LogP contribution >= 0.6 is 11.8 Å². The monoisotopic (exact) mass is 246 g/mol. The number of nitrogens with one attached hydrogen (secondary N) is 1. The van der Waals surface area contributed by atoms with Gasteiger partial charge in [0.1, 0.15) is 6.07 Å². The first-order valence-corrected chi connectivity index (χ1v) is 7.32. The van der Waals surface area contributed by atoms with E-state index in [4.69, 9.17) is 0 Å². The molecule has 0 heterocycles. The Kier molecular flexibility index (Phi) is 3.96. The molecule has 1 aliphatic carbocycles. The van der Waals surface area contributed by atoms with Gasteiger partial charge in [0, 0.05) is 10.9 Å². The highest BCUT2D eigenvalue weighted by molar-refractivity contribution is 7.98. The third-order valence-electron chi connectivity index (χ3n) is 3.60. The van der Waals surface area contributed by atoms with Crippen LogP contribution in [0.1, 0.15) is 31.7 Å². The molecule has 1 atom stereocenters. The van der Waals surface area contributed by atoms with E-state index in [-0.39, 0.29) is 0 Å². The third-order valence-corrected chi connectivity index (χ3v) is 4.38. The Balaban J connectivity index is 2.17. The fourth-order valence-corrected chi connectivity index (χ4v) is 2.81. The van der Waals surface area contributed by atoms with Crippen LogP contribution in [-0.2, 0) is 0 Å². The zero-order chi connectivity index (χ0) is 12.3. The van der Waals surface area contributed by atoms with E-state index in [1.165, 1.54) is 19.3 Å². The maximum atomic E-state index is 9.25. The summed E-state index contributed by atoms with van der Waals surface area (Å²) in [5, 5.41) is 12.8. The number of benzene rings is 1. The number of nitriles is 1. The van der Waals surface area contributed by atoms with E-state index in [2.05, 4.69) is 18.3 Å². The van der Waals surface area contributed by atoms with Gasteiger partial charge in [-0.15, -0.1) is 11.8 Å². The summed E-state index contributed by atoms with van der Waals surface area (Å²) >= 11 is 1.63. The summed E-state index contributed by atoms with van der Waals surface area (Å²) < 4.78 is 0. The summed E-state index contributed by atoms with van der Waals surface area (Å²) in [5.41, 5.74) is 1.77. The van der Waals surface area contributed by atoms with E-state index < -0.39 is 0 Å². The summed E-state index contributed by atoms with van der Waals surface area (Å²) in [5.74, 6) is 0.777. The number of anilines is 1. The molecule has 1 aliphatic rings. The van der Waals surface area contributed by atoms with Crippen LogP contribution in [0.5, 0.6) is 0 Å². The van der Waals surface area contributed by atoms with Crippen molar-refractivity contribution in [2.24, 2.45) is 5.92 Å². The molecule has 3 heteroatoms. The zero-order valence-electron chi connectivity index (χ0n) is 10.4. The first-order chi connectivity index (χ1) is 8.26. The number of nitrogens with zero attached hydrogens (tertiary/aromatic N) is 1. The van der Waals surface area contributed by atoms with E-state index >= 15 is 0 Å². The molecule has 1 aromatic carbocycles. The lowest BCUT2D eigenvalue weighted by Crippen LogP contribution is -2.31. The number of hydrogen-bond acceptors (Lipinski definition) is 3. The van der Waals surface area contributed by atoms with Crippen LogP contribution in [0.3, 0.4) is 0 Å². The second kappa shape index (κ2) is 5.46. The Morgan fingerprint density at radius 2 is 2.24 bits per heavy atom. The van der Waals surface area contributed by atoms with Crippen LogP contribution in [0.25, 0.3) is 0 Å². The van der Waals surface area contributed by atoms with Crippen LogP contribution in [0.15, 0.2) is 23.1 Å². The van der Waals surface area contributed by atoms with Gasteiger partial charge in [0.2, 0.25) is 0 Å². The van der Waals surface area contributed by atoms with Crippen LogP contribution < -0.4 is 5.32 Å². The van der Waals surface area contributed by atoms with Crippen LogP contribution in [-0.4, -0.2) is 12.3 Å². The highest BCUT2D eigenvalue weighted by Gasteiger charge is 2.24. The molecule has 2 nitrogen and oxygen atoms in total. The number of hydrogen-bond donors (Lipinski definition) is 1. The summed E-state index contributed by atoms with van der Waals surface area (Å²) in [7, 11) is 0. The fraction of sp³-hybridized carbons (Fsp3) is 0.500. The van der Waals surface area contributed by atoms with Gasteiger partial charge < -0.3 is 5.32 Å². The van der Waals surface area contributed by atoms with Crippen molar-refractivity contribution in [2.75, 3.05) is 11.6 Å². The summed E-state index contributed by atoms with van der Waals surface area (Å²) in [6.45, 7) is 2.22. The zero-order valence-corrected chi connectivity index (χ0v) is 11.2. The molecule has 17 heavy (non-hydrogen) atoms. The Morgan fingerprint density at radius 3 is 2.76 bits per heavy atom. The molecule has 1 saturated carbocycles. The minimum Gasteiger partial charge on any atom is -0.381 e. The molecule has 1 unspecified atom stereocenters. The van der Waals surface area contributed by atoms with E-state index in [1.54, 1.807) is 11.8 Å². The van der Waals surface area contributed by atoms with E-state index in [1.807, 2.05) is 24.5 Å². The van der Waals surface area contributed by atoms with Crippen molar-refractivity contribution in [1.82, 2.24) is 0 Å². The van der Waals surface area contributed by atoms with Crippen molar-refractivity contribution < 1.29 is 0 Å². The Labute approximate surface area is 107 Å². The molecule has 0 aromatic heterocycles. The molecule has 0 saturated heterocycles. The highest BCUT2D eigenvalue weighted by atomic mass is 32.2. The van der Waals surface area contributed by atoms with Crippen molar-refractivity contribution in [3.05, 3.63) is 23.8 Å². The van der Waals surface area contributed by atoms with Gasteiger partial charge >= 0.3 is 0 Å². The third kappa shape index (κ3) is 2.58. The van der Waals surface area contributed by atoms with Crippen molar-refractivity contribution in [2.45, 2.75) is 37.1 Å². The standard InChI is InChI=1S/C14H18N2S/c1-10(11-5-3-6-11)16-13-7-4-8-14(17-2)12(13)9-15/h4,7-8,10-11,16H,3,5-6H2,1-2H3. The summed E-state index contributed by atoms with van der Waals surface area (Å²) in [4.78, 5) is 1.05. The molecule has 90 valence electrons. The van der Waals surface area contributed by atoms with Gasteiger partial charge in [-0.25, -0.2) is 0 Å². The van der Waals surface area contributed by atoms with E-state index in [0.717, 1.165) is 22.1 Å². The SMILES string of the molecule is CSc1cccc(NC(C)C2CCC2)c1C#N. The van der Waals surface area contributed by atoms with Crippen molar-refractivity contribution in [3.63, 3.8) is 0 Å². The quantitative estimate of drug-likeness (QED) is 0.819. The van der Waals surface area contributed by atoms with Crippen LogP contribution in [0.4, 0.5) is 5.69 Å². The number of thioether (sulfide) groups is 1. The minimum atomic E-state index is 0.466. The average Bonchev–Trinajstić information content (AvgIpc) is 2.26. The normalized spacial score (nSPS) is 17.0. The predicted molar refractivity (Wildman–Crippen MR) is 73.4 cm³/mol. The van der Waals surface area contributed by atoms with Gasteiger partial charge in [-0.3, -0.25) is 0 Å². The maximum absolute atomic E-state index is 9.25. The predicted octanol–water partition coefficient (Wildman–Crippen LogP) is 3.88. The fourth-order valence-electron chi connectivity index (χ4n) is 2.24. The Hall–Kier alpha value is -1.14. The van der Waals surface area contributed by atoms with Crippen molar-refractivity contribution >= 4 is 17.4 Å². The molecule has 0 bridgehead atoms. The molecule has 0 spiro atoms. The van der Waals surface area contributed by atoms with Crippen molar-refractivity contribution in [3.8, 4) is 6.07 Å². The van der Waals surface area contributed by atoms with Crippen LogP contribution in [0.2, 0.25) is 0 Å². The van der Waals surface area contributed by atoms with Crippen LogP contribution in [0, 0.1) is 17.2 Å². The molecule has 1 N–H and O–H groups in total. The van der Waals surface area contributed by atoms with E-state index in [0.29, 0.717) is 6.04 Å². The minimum absolute atomic E-state index is 0.466.